The number of hydrogen-bond acceptors (Lipinski definition) is 2. The molecular formula is C11H13N3. The van der Waals surface area contributed by atoms with Crippen LogP contribution in [0.15, 0.2) is 24.7 Å². The highest BCUT2D eigenvalue weighted by Crippen LogP contribution is 2.09. The van der Waals surface area contributed by atoms with Crippen LogP contribution in [0.1, 0.15) is 25.0 Å². The minimum Gasteiger partial charge on any atom is -0.306 e. The number of nitrogens with zero attached hydrogens (tertiary/aromatic N) is 3. The molecule has 0 aliphatic carbocycles. The van der Waals surface area contributed by atoms with Crippen LogP contribution in [0.2, 0.25) is 0 Å². The monoisotopic (exact) mass is 187 g/mol. The van der Waals surface area contributed by atoms with Crippen molar-refractivity contribution in [2.45, 2.75) is 20.8 Å². The predicted octanol–water partition coefficient (Wildman–Crippen LogP) is 2.54. The van der Waals surface area contributed by atoms with E-state index in [1.54, 1.807) is 6.20 Å². The molecule has 2 aromatic heterocycles. The largest absolute Gasteiger partial charge is 0.306 e. The second kappa shape index (κ2) is 4.43. The Morgan fingerprint density at radius 3 is 2.79 bits per heavy atom. The minimum absolute atomic E-state index is 0.625. The van der Waals surface area contributed by atoms with Crippen molar-refractivity contribution >= 4 is 5.65 Å². The molecule has 2 heterocycles. The van der Waals surface area contributed by atoms with Gasteiger partial charge in [-0.05, 0) is 18.6 Å². The molecule has 0 amide bonds. The summed E-state index contributed by atoms with van der Waals surface area (Å²) in [6.07, 6.45) is 5.47. The summed E-state index contributed by atoms with van der Waals surface area (Å²) in [4.78, 5) is 4.07. The van der Waals surface area contributed by atoms with Gasteiger partial charge in [-0.1, -0.05) is 13.8 Å². The molecule has 2 aromatic rings. The molecule has 0 aliphatic rings. The Bertz CT molecular complexity index is 463. The first-order valence-electron chi connectivity index (χ1n) is 4.64. The van der Waals surface area contributed by atoms with Gasteiger partial charge in [0.25, 0.3) is 0 Å². The summed E-state index contributed by atoms with van der Waals surface area (Å²) >= 11 is 0. The Labute approximate surface area is 83.6 Å². The van der Waals surface area contributed by atoms with E-state index in [1.807, 2.05) is 43.6 Å². The summed E-state index contributed by atoms with van der Waals surface area (Å²) < 4.78 is 1.86. The van der Waals surface area contributed by atoms with E-state index in [0.717, 1.165) is 11.2 Å². The average Bonchev–Trinajstić information content (AvgIpc) is 2.67. The minimum atomic E-state index is 0.625. The van der Waals surface area contributed by atoms with Gasteiger partial charge in [0.05, 0.1) is 5.56 Å². The molecule has 0 N–H and O–H groups in total. The van der Waals surface area contributed by atoms with E-state index >= 15 is 0 Å². The van der Waals surface area contributed by atoms with E-state index < -0.39 is 0 Å². The summed E-state index contributed by atoms with van der Waals surface area (Å²) in [5, 5.41) is 8.78. The van der Waals surface area contributed by atoms with Crippen LogP contribution < -0.4 is 0 Å². The van der Waals surface area contributed by atoms with Crippen molar-refractivity contribution in [2.75, 3.05) is 0 Å². The van der Waals surface area contributed by atoms with Crippen molar-refractivity contribution in [3.63, 3.8) is 0 Å². The molecule has 0 aromatic carbocycles. The van der Waals surface area contributed by atoms with E-state index in [9.17, 15) is 0 Å². The van der Waals surface area contributed by atoms with Crippen LogP contribution in [0, 0.1) is 18.3 Å². The lowest BCUT2D eigenvalue weighted by Crippen LogP contribution is -1.89. The summed E-state index contributed by atoms with van der Waals surface area (Å²) in [6.45, 7) is 5.96. The van der Waals surface area contributed by atoms with Crippen LogP contribution in [-0.2, 0) is 0 Å². The molecule has 0 saturated carbocycles. The smallest absolute Gasteiger partial charge is 0.154 e. The van der Waals surface area contributed by atoms with Crippen molar-refractivity contribution in [3.05, 3.63) is 35.8 Å². The number of fused-ring (bicyclic) bond motifs is 1. The molecule has 0 aliphatic heterocycles. The average molecular weight is 187 g/mol. The van der Waals surface area contributed by atoms with E-state index in [4.69, 9.17) is 5.26 Å². The van der Waals surface area contributed by atoms with Gasteiger partial charge in [-0.15, -0.1) is 0 Å². The third-order valence-electron chi connectivity index (χ3n) is 1.74. The van der Waals surface area contributed by atoms with Crippen LogP contribution in [0.4, 0.5) is 0 Å². The van der Waals surface area contributed by atoms with Crippen molar-refractivity contribution in [2.24, 2.45) is 0 Å². The fraction of sp³-hybridized carbons (Fsp3) is 0.273. The molecule has 3 heteroatoms. The zero-order chi connectivity index (χ0) is 10.6. The molecule has 14 heavy (non-hydrogen) atoms. The lowest BCUT2D eigenvalue weighted by Gasteiger charge is -1.97. The Hall–Kier alpha value is -1.82. The van der Waals surface area contributed by atoms with E-state index in [0.29, 0.717) is 5.56 Å². The first-order valence-corrected chi connectivity index (χ1v) is 4.64. The maximum atomic E-state index is 8.78. The second-order valence-corrected chi connectivity index (χ2v) is 2.70. The zero-order valence-electron chi connectivity index (χ0n) is 8.65. The highest BCUT2D eigenvalue weighted by molar-refractivity contribution is 5.55. The quantitative estimate of drug-likeness (QED) is 0.636. The van der Waals surface area contributed by atoms with Gasteiger partial charge in [0.1, 0.15) is 6.07 Å². The van der Waals surface area contributed by atoms with Gasteiger partial charge in [0.15, 0.2) is 5.65 Å². The van der Waals surface area contributed by atoms with E-state index in [1.165, 1.54) is 0 Å². The van der Waals surface area contributed by atoms with Gasteiger partial charge in [-0.3, -0.25) is 0 Å². The lowest BCUT2D eigenvalue weighted by molar-refractivity contribution is 1.15. The predicted molar refractivity (Wildman–Crippen MR) is 56.0 cm³/mol. The van der Waals surface area contributed by atoms with Gasteiger partial charge in [0, 0.05) is 18.6 Å². The standard InChI is InChI=1S/C9H7N3.C2H6/c1-7-4-8(5-10)9-11-2-3-12(9)6-7;1-2/h2-4,6H,1H3;1-2H3. The molecule has 3 nitrogen and oxygen atoms in total. The van der Waals surface area contributed by atoms with Crippen LogP contribution in [0.3, 0.4) is 0 Å². The van der Waals surface area contributed by atoms with Crippen LogP contribution in [-0.4, -0.2) is 9.38 Å². The molecular weight excluding hydrogens is 174 g/mol. The maximum Gasteiger partial charge on any atom is 0.154 e. The fourth-order valence-corrected chi connectivity index (χ4v) is 1.26. The zero-order valence-corrected chi connectivity index (χ0v) is 8.65. The third-order valence-corrected chi connectivity index (χ3v) is 1.74. The number of rotatable bonds is 0. The Morgan fingerprint density at radius 2 is 2.14 bits per heavy atom. The topological polar surface area (TPSA) is 41.1 Å². The molecule has 0 radical (unpaired) electrons. The number of pyridine rings is 1. The molecule has 0 spiro atoms. The number of imidazole rings is 1. The lowest BCUT2D eigenvalue weighted by atomic mass is 10.2. The van der Waals surface area contributed by atoms with Crippen molar-refractivity contribution < 1.29 is 0 Å². The normalized spacial score (nSPS) is 9.00. The van der Waals surface area contributed by atoms with Crippen molar-refractivity contribution in [1.82, 2.24) is 9.38 Å². The van der Waals surface area contributed by atoms with Gasteiger partial charge < -0.3 is 4.40 Å². The summed E-state index contributed by atoms with van der Waals surface area (Å²) in [6, 6.07) is 3.95. The molecule has 0 saturated heterocycles. The van der Waals surface area contributed by atoms with E-state index in [2.05, 4.69) is 11.1 Å². The molecule has 2 rings (SSSR count). The van der Waals surface area contributed by atoms with Gasteiger partial charge in [-0.2, -0.15) is 5.26 Å². The fourth-order valence-electron chi connectivity index (χ4n) is 1.26. The number of aromatic nitrogens is 2. The Kier molecular flexibility index (Phi) is 3.24. The number of hydrogen-bond donors (Lipinski definition) is 0. The SMILES string of the molecule is CC.Cc1cc(C#N)c2nccn2c1. The molecule has 0 bridgehead atoms. The van der Waals surface area contributed by atoms with Crippen LogP contribution >= 0.6 is 0 Å². The number of nitriles is 1. The Morgan fingerprint density at radius 1 is 1.43 bits per heavy atom. The molecule has 0 atom stereocenters. The van der Waals surface area contributed by atoms with Crippen molar-refractivity contribution in [1.29, 1.82) is 5.26 Å². The van der Waals surface area contributed by atoms with Crippen LogP contribution in [0.5, 0.6) is 0 Å². The van der Waals surface area contributed by atoms with Crippen molar-refractivity contribution in [3.8, 4) is 6.07 Å². The van der Waals surface area contributed by atoms with Gasteiger partial charge >= 0.3 is 0 Å². The first kappa shape index (κ1) is 10.3. The second-order valence-electron chi connectivity index (χ2n) is 2.70. The summed E-state index contributed by atoms with van der Waals surface area (Å²) in [5.41, 5.74) is 2.42. The Balaban J connectivity index is 0.000000461. The van der Waals surface area contributed by atoms with Gasteiger partial charge in [-0.25, -0.2) is 4.98 Å². The molecule has 0 unspecified atom stereocenters. The first-order chi connectivity index (χ1) is 6.81. The van der Waals surface area contributed by atoms with Crippen LogP contribution in [0.25, 0.3) is 5.65 Å². The highest BCUT2D eigenvalue weighted by Gasteiger charge is 2.01. The molecule has 72 valence electrons. The molecule has 0 fully saturated rings. The van der Waals surface area contributed by atoms with E-state index in [-0.39, 0.29) is 0 Å². The third kappa shape index (κ3) is 1.74. The maximum absolute atomic E-state index is 8.78. The van der Waals surface area contributed by atoms with Gasteiger partial charge in [0.2, 0.25) is 0 Å². The number of aryl methyl sites for hydroxylation is 1. The summed E-state index contributed by atoms with van der Waals surface area (Å²) in [5.74, 6) is 0. The summed E-state index contributed by atoms with van der Waals surface area (Å²) in [7, 11) is 0. The highest BCUT2D eigenvalue weighted by atomic mass is 15.0.